The van der Waals surface area contributed by atoms with Crippen LogP contribution in [0.2, 0.25) is 0 Å². The lowest BCUT2D eigenvalue weighted by molar-refractivity contribution is -0.153. The van der Waals surface area contributed by atoms with Gasteiger partial charge in [-0.1, -0.05) is 17.7 Å². The van der Waals surface area contributed by atoms with Crippen LogP contribution in [0.5, 0.6) is 5.75 Å². The van der Waals surface area contributed by atoms with Gasteiger partial charge in [0.05, 0.1) is 7.11 Å². The van der Waals surface area contributed by atoms with E-state index < -0.39 is 12.1 Å². The van der Waals surface area contributed by atoms with Crippen LogP contribution >= 0.6 is 0 Å². The van der Waals surface area contributed by atoms with Gasteiger partial charge in [0.2, 0.25) is 0 Å². The molecule has 2 rings (SSSR count). The molecule has 1 fully saturated rings. The summed E-state index contributed by atoms with van der Waals surface area (Å²) in [5.74, 6) is 0.113. The second kappa shape index (κ2) is 6.61. The highest BCUT2D eigenvalue weighted by molar-refractivity contribution is 5.87. The highest BCUT2D eigenvalue weighted by Gasteiger charge is 2.37. The molecule has 0 N–H and O–H groups in total. The van der Waals surface area contributed by atoms with Gasteiger partial charge in [0.1, 0.15) is 11.8 Å². The minimum absolute atomic E-state index is 0.177. The fourth-order valence-corrected chi connectivity index (χ4v) is 2.52. The van der Waals surface area contributed by atoms with Crippen molar-refractivity contribution in [1.82, 2.24) is 4.90 Å². The number of hydrogen-bond donors (Lipinski definition) is 0. The van der Waals surface area contributed by atoms with Gasteiger partial charge >= 0.3 is 5.97 Å². The molecule has 2 unspecified atom stereocenters. The van der Waals surface area contributed by atoms with E-state index >= 15 is 0 Å². The summed E-state index contributed by atoms with van der Waals surface area (Å²) in [7, 11) is 1.34. The van der Waals surface area contributed by atoms with E-state index in [0.29, 0.717) is 18.7 Å². The minimum atomic E-state index is -0.627. The molecule has 0 saturated carbocycles. The maximum absolute atomic E-state index is 12.4. The van der Waals surface area contributed by atoms with E-state index in [-0.39, 0.29) is 11.9 Å². The van der Waals surface area contributed by atoms with Crippen molar-refractivity contribution in [3.63, 3.8) is 0 Å². The Morgan fingerprint density at radius 2 is 1.95 bits per heavy atom. The lowest BCUT2D eigenvalue weighted by Crippen LogP contribution is -2.46. The van der Waals surface area contributed by atoms with Gasteiger partial charge < -0.3 is 14.4 Å². The molecule has 1 heterocycles. The molecular formula is C16H21NO4. The number of nitrogens with zero attached hydrogens (tertiary/aromatic N) is 1. The smallest absolute Gasteiger partial charge is 0.328 e. The second-order valence-electron chi connectivity index (χ2n) is 5.29. The summed E-state index contributed by atoms with van der Waals surface area (Å²) in [6.45, 7) is 4.26. The summed E-state index contributed by atoms with van der Waals surface area (Å²) in [6, 6.07) is 7.05. The SMILES string of the molecule is COC(=O)C1CCCN1C(=O)C(C)Oc1ccc(C)cc1. The molecule has 1 amide bonds. The van der Waals surface area contributed by atoms with Crippen molar-refractivity contribution in [2.24, 2.45) is 0 Å². The molecule has 21 heavy (non-hydrogen) atoms. The zero-order valence-electron chi connectivity index (χ0n) is 12.7. The van der Waals surface area contributed by atoms with E-state index in [0.717, 1.165) is 12.0 Å². The molecule has 0 spiro atoms. The van der Waals surface area contributed by atoms with Crippen LogP contribution < -0.4 is 4.74 Å². The number of rotatable bonds is 4. The van der Waals surface area contributed by atoms with Gasteiger partial charge in [-0.25, -0.2) is 4.79 Å². The van der Waals surface area contributed by atoms with Crippen molar-refractivity contribution in [2.75, 3.05) is 13.7 Å². The van der Waals surface area contributed by atoms with E-state index in [1.165, 1.54) is 7.11 Å². The summed E-state index contributed by atoms with van der Waals surface area (Å²) in [5, 5.41) is 0. The quantitative estimate of drug-likeness (QED) is 0.795. The number of amides is 1. The average Bonchev–Trinajstić information content (AvgIpc) is 2.97. The van der Waals surface area contributed by atoms with E-state index in [4.69, 9.17) is 9.47 Å². The van der Waals surface area contributed by atoms with Gasteiger partial charge in [-0.15, -0.1) is 0 Å². The highest BCUT2D eigenvalue weighted by Crippen LogP contribution is 2.21. The Labute approximate surface area is 124 Å². The number of carbonyl (C=O) groups excluding carboxylic acids is 2. The van der Waals surface area contributed by atoms with Crippen LogP contribution in [0.25, 0.3) is 0 Å². The first-order valence-electron chi connectivity index (χ1n) is 7.14. The molecule has 5 nitrogen and oxygen atoms in total. The van der Waals surface area contributed by atoms with Crippen LogP contribution in [-0.4, -0.2) is 42.6 Å². The van der Waals surface area contributed by atoms with Crippen LogP contribution in [0.4, 0.5) is 0 Å². The number of aryl methyl sites for hydroxylation is 1. The molecule has 1 aromatic rings. The molecular weight excluding hydrogens is 270 g/mol. The van der Waals surface area contributed by atoms with Crippen LogP contribution in [0.3, 0.4) is 0 Å². The molecule has 0 bridgehead atoms. The Bertz CT molecular complexity index is 512. The van der Waals surface area contributed by atoms with Gasteiger partial charge in [0, 0.05) is 6.54 Å². The number of hydrogen-bond acceptors (Lipinski definition) is 4. The van der Waals surface area contributed by atoms with Crippen LogP contribution in [-0.2, 0) is 14.3 Å². The van der Waals surface area contributed by atoms with Gasteiger partial charge in [-0.2, -0.15) is 0 Å². The molecule has 0 aromatic heterocycles. The Kier molecular flexibility index (Phi) is 4.83. The molecule has 0 aliphatic carbocycles. The minimum Gasteiger partial charge on any atom is -0.481 e. The maximum atomic E-state index is 12.4. The topological polar surface area (TPSA) is 55.8 Å². The molecule has 2 atom stereocenters. The number of esters is 1. The monoisotopic (exact) mass is 291 g/mol. The molecule has 1 saturated heterocycles. The number of benzene rings is 1. The molecule has 1 aliphatic rings. The first kappa shape index (κ1) is 15.4. The van der Waals surface area contributed by atoms with Crippen molar-refractivity contribution in [1.29, 1.82) is 0 Å². The van der Waals surface area contributed by atoms with Crippen LogP contribution in [0.15, 0.2) is 24.3 Å². The lowest BCUT2D eigenvalue weighted by atomic mass is 10.2. The highest BCUT2D eigenvalue weighted by atomic mass is 16.5. The first-order chi connectivity index (χ1) is 10.0. The second-order valence-corrected chi connectivity index (χ2v) is 5.29. The van der Waals surface area contributed by atoms with Gasteiger partial charge in [0.15, 0.2) is 6.10 Å². The Morgan fingerprint density at radius 3 is 2.57 bits per heavy atom. The van der Waals surface area contributed by atoms with E-state index in [1.807, 2.05) is 31.2 Å². The summed E-state index contributed by atoms with van der Waals surface area (Å²) in [5.41, 5.74) is 1.13. The molecule has 0 radical (unpaired) electrons. The zero-order valence-corrected chi connectivity index (χ0v) is 12.7. The van der Waals surface area contributed by atoms with Gasteiger partial charge in [0.25, 0.3) is 5.91 Å². The predicted octanol–water partition coefficient (Wildman–Crippen LogP) is 1.93. The van der Waals surface area contributed by atoms with Gasteiger partial charge in [-0.05, 0) is 38.8 Å². The number of carbonyl (C=O) groups is 2. The zero-order chi connectivity index (χ0) is 15.4. The molecule has 1 aliphatic heterocycles. The fourth-order valence-electron chi connectivity index (χ4n) is 2.52. The van der Waals surface area contributed by atoms with Gasteiger partial charge in [-0.3, -0.25) is 4.79 Å². The maximum Gasteiger partial charge on any atom is 0.328 e. The van der Waals surface area contributed by atoms with Crippen molar-refractivity contribution in [3.05, 3.63) is 29.8 Å². The molecule has 5 heteroatoms. The van der Waals surface area contributed by atoms with Crippen LogP contribution in [0.1, 0.15) is 25.3 Å². The first-order valence-corrected chi connectivity index (χ1v) is 7.14. The lowest BCUT2D eigenvalue weighted by Gasteiger charge is -2.26. The standard InChI is InChI=1S/C16H21NO4/c1-11-6-8-13(9-7-11)21-12(2)15(18)17-10-4-5-14(17)16(19)20-3/h6-9,12,14H,4-5,10H2,1-3H3. The summed E-state index contributed by atoms with van der Waals surface area (Å²) >= 11 is 0. The molecule has 114 valence electrons. The average molecular weight is 291 g/mol. The number of likely N-dealkylation sites (tertiary alicyclic amines) is 1. The largest absolute Gasteiger partial charge is 0.481 e. The normalized spacial score (nSPS) is 19.2. The van der Waals surface area contributed by atoms with E-state index in [2.05, 4.69) is 0 Å². The van der Waals surface area contributed by atoms with E-state index in [9.17, 15) is 9.59 Å². The third kappa shape index (κ3) is 3.54. The molecule has 1 aromatic carbocycles. The predicted molar refractivity (Wildman–Crippen MR) is 78.0 cm³/mol. The summed E-state index contributed by atoms with van der Waals surface area (Å²) < 4.78 is 10.4. The number of methoxy groups -OCH3 is 1. The van der Waals surface area contributed by atoms with E-state index in [1.54, 1.807) is 11.8 Å². The summed E-state index contributed by atoms with van der Waals surface area (Å²) in [4.78, 5) is 25.7. The third-order valence-electron chi connectivity index (χ3n) is 3.69. The fraction of sp³-hybridized carbons (Fsp3) is 0.500. The van der Waals surface area contributed by atoms with Crippen molar-refractivity contribution >= 4 is 11.9 Å². The van der Waals surface area contributed by atoms with Crippen LogP contribution in [0, 0.1) is 6.92 Å². The Morgan fingerprint density at radius 1 is 1.29 bits per heavy atom. The Balaban J connectivity index is 2.01. The third-order valence-corrected chi connectivity index (χ3v) is 3.69. The Hall–Kier alpha value is -2.04. The van der Waals surface area contributed by atoms with Crippen molar-refractivity contribution < 1.29 is 19.1 Å². The van der Waals surface area contributed by atoms with Crippen molar-refractivity contribution in [3.8, 4) is 5.75 Å². The van der Waals surface area contributed by atoms with Crippen molar-refractivity contribution in [2.45, 2.75) is 38.8 Å². The summed E-state index contributed by atoms with van der Waals surface area (Å²) in [6.07, 6.45) is 0.830. The number of ether oxygens (including phenoxy) is 2.